The van der Waals surface area contributed by atoms with Gasteiger partial charge in [0.05, 0.1) is 12.2 Å². The van der Waals surface area contributed by atoms with Crippen LogP contribution in [0.5, 0.6) is 0 Å². The van der Waals surface area contributed by atoms with Crippen LogP contribution in [0.25, 0.3) is 0 Å². The number of hydrogen-bond acceptors (Lipinski definition) is 3. The molecule has 0 aromatic heterocycles. The van der Waals surface area contributed by atoms with Gasteiger partial charge < -0.3 is 5.32 Å². The van der Waals surface area contributed by atoms with E-state index in [1.165, 1.54) is 0 Å². The van der Waals surface area contributed by atoms with Crippen molar-refractivity contribution in [1.82, 2.24) is 5.32 Å². The lowest BCUT2D eigenvalue weighted by Gasteiger charge is -2.04. The summed E-state index contributed by atoms with van der Waals surface area (Å²) in [6, 6.07) is 9.25. The Morgan fingerprint density at radius 2 is 1.88 bits per heavy atom. The molecule has 0 aliphatic carbocycles. The van der Waals surface area contributed by atoms with Crippen molar-refractivity contribution < 1.29 is 17.8 Å². The first-order chi connectivity index (χ1) is 7.97. The van der Waals surface area contributed by atoms with E-state index in [4.69, 9.17) is 4.55 Å². The molecule has 0 aliphatic rings. The van der Waals surface area contributed by atoms with E-state index in [1.807, 2.05) is 30.3 Å². The fourth-order valence-corrected chi connectivity index (χ4v) is 1.84. The van der Waals surface area contributed by atoms with Crippen LogP contribution in [0.1, 0.15) is 12.0 Å². The van der Waals surface area contributed by atoms with Crippen LogP contribution in [0.2, 0.25) is 0 Å². The summed E-state index contributed by atoms with van der Waals surface area (Å²) in [6.45, 7) is 0.242. The first kappa shape index (κ1) is 13.7. The molecule has 0 saturated heterocycles. The smallest absolute Gasteiger partial charge is 0.264 e. The summed E-state index contributed by atoms with van der Waals surface area (Å²) in [5.74, 6) is -0.495. The zero-order valence-electron chi connectivity index (χ0n) is 9.30. The van der Waals surface area contributed by atoms with Crippen molar-refractivity contribution in [2.75, 3.05) is 12.3 Å². The Kier molecular flexibility index (Phi) is 5.11. The third kappa shape index (κ3) is 6.70. The number of carbonyl (C=O) groups excluding carboxylic acids is 1. The second kappa shape index (κ2) is 6.36. The van der Waals surface area contributed by atoms with Crippen LogP contribution < -0.4 is 5.32 Å². The molecule has 94 valence electrons. The Morgan fingerprint density at radius 1 is 1.24 bits per heavy atom. The van der Waals surface area contributed by atoms with Crippen molar-refractivity contribution >= 4 is 16.0 Å². The Labute approximate surface area is 101 Å². The van der Waals surface area contributed by atoms with Gasteiger partial charge in [-0.1, -0.05) is 30.3 Å². The lowest BCUT2D eigenvalue weighted by Crippen LogP contribution is -2.27. The first-order valence-corrected chi connectivity index (χ1v) is 6.84. The van der Waals surface area contributed by atoms with Crippen LogP contribution in [-0.2, 0) is 21.3 Å². The zero-order valence-corrected chi connectivity index (χ0v) is 10.1. The molecule has 0 bridgehead atoms. The maximum Gasteiger partial charge on any atom is 0.264 e. The second-order valence-electron chi connectivity index (χ2n) is 3.65. The molecule has 0 saturated carbocycles. The Morgan fingerprint density at radius 3 is 2.47 bits per heavy atom. The van der Waals surface area contributed by atoms with E-state index in [9.17, 15) is 13.2 Å². The van der Waals surface area contributed by atoms with Gasteiger partial charge in [0, 0.05) is 6.54 Å². The molecule has 0 fully saturated rings. The Balaban J connectivity index is 2.23. The largest absolute Gasteiger partial charge is 0.356 e. The Bertz CT molecular complexity index is 456. The molecule has 1 aromatic carbocycles. The van der Waals surface area contributed by atoms with E-state index in [-0.39, 0.29) is 31.0 Å². The van der Waals surface area contributed by atoms with Crippen LogP contribution in [0, 0.1) is 0 Å². The second-order valence-corrected chi connectivity index (χ2v) is 5.22. The summed E-state index contributed by atoms with van der Waals surface area (Å²) in [7, 11) is -3.93. The third-order valence-corrected chi connectivity index (χ3v) is 2.91. The average molecular weight is 257 g/mol. The van der Waals surface area contributed by atoms with E-state index in [0.29, 0.717) is 0 Å². The van der Waals surface area contributed by atoms with E-state index in [0.717, 1.165) is 5.56 Å². The zero-order chi connectivity index (χ0) is 12.7. The minimum atomic E-state index is -3.93. The third-order valence-electron chi connectivity index (χ3n) is 2.11. The fraction of sp³-hybridized carbons (Fsp3) is 0.364. The molecule has 6 heteroatoms. The van der Waals surface area contributed by atoms with Crippen molar-refractivity contribution in [2.24, 2.45) is 0 Å². The summed E-state index contributed by atoms with van der Waals surface area (Å²) in [5, 5.41) is 2.59. The number of carbonyl (C=O) groups is 1. The van der Waals surface area contributed by atoms with Gasteiger partial charge in [-0.25, -0.2) is 0 Å². The van der Waals surface area contributed by atoms with Gasteiger partial charge in [0.15, 0.2) is 0 Å². The molecule has 2 N–H and O–H groups in total. The highest BCUT2D eigenvalue weighted by Crippen LogP contribution is 1.99. The van der Waals surface area contributed by atoms with Crippen molar-refractivity contribution in [3.8, 4) is 0 Å². The van der Waals surface area contributed by atoms with Gasteiger partial charge in [-0.15, -0.1) is 0 Å². The van der Waals surface area contributed by atoms with Crippen LogP contribution in [-0.4, -0.2) is 31.2 Å². The van der Waals surface area contributed by atoms with Gasteiger partial charge in [-0.05, 0) is 12.0 Å². The molecule has 0 aliphatic heterocycles. The quantitative estimate of drug-likeness (QED) is 0.578. The van der Waals surface area contributed by atoms with E-state index >= 15 is 0 Å². The van der Waals surface area contributed by atoms with Gasteiger partial charge in [0.1, 0.15) is 0 Å². The molecular formula is C11H15NO4S. The predicted octanol–water partition coefficient (Wildman–Crippen LogP) is 0.623. The Hall–Kier alpha value is -1.40. The summed E-state index contributed by atoms with van der Waals surface area (Å²) in [6.07, 6.45) is 0.478. The number of amides is 1. The topological polar surface area (TPSA) is 83.5 Å². The van der Waals surface area contributed by atoms with E-state index in [1.54, 1.807) is 0 Å². The summed E-state index contributed by atoms with van der Waals surface area (Å²) in [5.41, 5.74) is 0.903. The lowest BCUT2D eigenvalue weighted by atomic mass is 10.1. The molecule has 1 rings (SSSR count). The van der Waals surface area contributed by atoms with Crippen LogP contribution >= 0.6 is 0 Å². The van der Waals surface area contributed by atoms with E-state index in [2.05, 4.69) is 5.32 Å². The fourth-order valence-electron chi connectivity index (χ4n) is 1.33. The monoisotopic (exact) mass is 257 g/mol. The molecule has 5 nitrogen and oxygen atoms in total. The summed E-state index contributed by atoms with van der Waals surface area (Å²) < 4.78 is 29.3. The number of hydrogen-bond donors (Lipinski definition) is 2. The maximum atomic E-state index is 11.4. The first-order valence-electron chi connectivity index (χ1n) is 5.23. The maximum absolute atomic E-state index is 11.4. The van der Waals surface area contributed by atoms with Crippen molar-refractivity contribution in [3.05, 3.63) is 35.9 Å². The highest BCUT2D eigenvalue weighted by atomic mass is 32.2. The molecule has 17 heavy (non-hydrogen) atoms. The van der Waals surface area contributed by atoms with Gasteiger partial charge >= 0.3 is 0 Å². The minimum absolute atomic E-state index is 0.161. The summed E-state index contributed by atoms with van der Waals surface area (Å²) in [4.78, 5) is 11.4. The van der Waals surface area contributed by atoms with Gasteiger partial charge in [0.25, 0.3) is 10.1 Å². The molecule has 0 unspecified atom stereocenters. The van der Waals surface area contributed by atoms with Crippen molar-refractivity contribution in [1.29, 1.82) is 0 Å². The van der Waals surface area contributed by atoms with Crippen LogP contribution in [0.15, 0.2) is 30.3 Å². The molecule has 1 aromatic rings. The molecule has 0 heterocycles. The number of rotatable bonds is 6. The number of benzene rings is 1. The SMILES string of the molecule is O=C(Cc1ccccc1)NCCCS(=O)(=O)O. The number of nitrogens with one attached hydrogen (secondary N) is 1. The van der Waals surface area contributed by atoms with Gasteiger partial charge in [0.2, 0.25) is 5.91 Å². The highest BCUT2D eigenvalue weighted by Gasteiger charge is 2.05. The van der Waals surface area contributed by atoms with Crippen molar-refractivity contribution in [2.45, 2.75) is 12.8 Å². The molecule has 0 spiro atoms. The normalized spacial score (nSPS) is 11.1. The van der Waals surface area contributed by atoms with Crippen LogP contribution in [0.4, 0.5) is 0 Å². The van der Waals surface area contributed by atoms with Gasteiger partial charge in [-0.2, -0.15) is 8.42 Å². The van der Waals surface area contributed by atoms with Crippen LogP contribution in [0.3, 0.4) is 0 Å². The molecule has 0 radical (unpaired) electrons. The standard InChI is InChI=1S/C11H15NO4S/c13-11(9-10-5-2-1-3-6-10)12-7-4-8-17(14,15)16/h1-3,5-6H,4,7-9H2,(H,12,13)(H,14,15,16). The average Bonchev–Trinajstić information content (AvgIpc) is 2.25. The minimum Gasteiger partial charge on any atom is -0.356 e. The molecular weight excluding hydrogens is 242 g/mol. The summed E-state index contributed by atoms with van der Waals surface area (Å²) >= 11 is 0. The lowest BCUT2D eigenvalue weighted by molar-refractivity contribution is -0.120. The predicted molar refractivity (Wildman–Crippen MR) is 64.2 cm³/mol. The van der Waals surface area contributed by atoms with E-state index < -0.39 is 10.1 Å². The van der Waals surface area contributed by atoms with Crippen molar-refractivity contribution in [3.63, 3.8) is 0 Å². The van der Waals surface area contributed by atoms with Gasteiger partial charge in [-0.3, -0.25) is 9.35 Å². The molecule has 0 atom stereocenters. The molecule has 1 amide bonds. The highest BCUT2D eigenvalue weighted by molar-refractivity contribution is 7.85.